The van der Waals surface area contributed by atoms with Gasteiger partial charge in [0.2, 0.25) is 0 Å². The number of aryl methyl sites for hydroxylation is 1. The van der Waals surface area contributed by atoms with E-state index in [-0.39, 0.29) is 12.2 Å². The van der Waals surface area contributed by atoms with E-state index in [1.807, 2.05) is 60.0 Å². The van der Waals surface area contributed by atoms with Crippen molar-refractivity contribution in [3.05, 3.63) is 108 Å². The van der Waals surface area contributed by atoms with Gasteiger partial charge in [0.25, 0.3) is 0 Å². The second-order valence-electron chi connectivity index (χ2n) is 7.82. The van der Waals surface area contributed by atoms with Crippen LogP contribution in [-0.2, 0) is 11.2 Å². The fourth-order valence-corrected chi connectivity index (χ4v) is 4.49. The van der Waals surface area contributed by atoms with Crippen LogP contribution in [0, 0.1) is 5.92 Å². The van der Waals surface area contributed by atoms with Gasteiger partial charge in [-0.25, -0.2) is 0 Å². The molecular formula is C28H24O3S. The second-order valence-corrected chi connectivity index (χ2v) is 8.77. The van der Waals surface area contributed by atoms with Crippen LogP contribution in [0.3, 0.4) is 0 Å². The Labute approximate surface area is 192 Å². The summed E-state index contributed by atoms with van der Waals surface area (Å²) >= 11 is 1.65. The first-order valence-corrected chi connectivity index (χ1v) is 11.5. The summed E-state index contributed by atoms with van der Waals surface area (Å²) < 4.78 is 0. The number of carbonyl (C=O) groups is 2. The van der Waals surface area contributed by atoms with Gasteiger partial charge in [-0.05, 0) is 46.5 Å². The number of Topliss-reactive ketones (excluding diaryl/α,β-unsaturated/α-hetero) is 1. The number of thiophene rings is 1. The molecule has 1 atom stereocenters. The molecule has 0 fully saturated rings. The first-order chi connectivity index (χ1) is 15.6. The van der Waals surface area contributed by atoms with E-state index in [9.17, 15) is 14.7 Å². The summed E-state index contributed by atoms with van der Waals surface area (Å²) in [5.74, 6) is -1.75. The SMILES string of the molecule is O=C(CC(CCc1ccc(-c2ccccc2)cc1)C(=O)O)c1ccc(-c2cccs2)cc1. The van der Waals surface area contributed by atoms with Crippen molar-refractivity contribution in [3.8, 4) is 21.6 Å². The quantitative estimate of drug-likeness (QED) is 0.285. The van der Waals surface area contributed by atoms with Crippen molar-refractivity contribution in [2.45, 2.75) is 19.3 Å². The monoisotopic (exact) mass is 440 g/mol. The van der Waals surface area contributed by atoms with Crippen molar-refractivity contribution in [2.24, 2.45) is 5.92 Å². The summed E-state index contributed by atoms with van der Waals surface area (Å²) in [4.78, 5) is 25.6. The minimum atomic E-state index is -0.922. The van der Waals surface area contributed by atoms with Crippen LogP contribution in [0.1, 0.15) is 28.8 Å². The van der Waals surface area contributed by atoms with Crippen molar-refractivity contribution < 1.29 is 14.7 Å². The summed E-state index contributed by atoms with van der Waals surface area (Å²) in [6.07, 6.45) is 1.06. The van der Waals surface area contributed by atoms with Gasteiger partial charge in [0.1, 0.15) is 0 Å². The van der Waals surface area contributed by atoms with Crippen molar-refractivity contribution in [3.63, 3.8) is 0 Å². The first kappa shape index (κ1) is 21.7. The van der Waals surface area contributed by atoms with Crippen molar-refractivity contribution in [2.75, 3.05) is 0 Å². The highest BCUT2D eigenvalue weighted by atomic mass is 32.1. The van der Waals surface area contributed by atoms with Gasteiger partial charge >= 0.3 is 5.97 Å². The van der Waals surface area contributed by atoms with Crippen molar-refractivity contribution in [1.29, 1.82) is 0 Å². The van der Waals surface area contributed by atoms with Gasteiger partial charge in [-0.1, -0.05) is 84.9 Å². The lowest BCUT2D eigenvalue weighted by atomic mass is 9.92. The molecule has 0 aliphatic heterocycles. The molecule has 0 amide bonds. The van der Waals surface area contributed by atoms with Gasteiger partial charge < -0.3 is 5.11 Å². The largest absolute Gasteiger partial charge is 0.481 e. The summed E-state index contributed by atoms with van der Waals surface area (Å²) in [6, 6.07) is 29.8. The van der Waals surface area contributed by atoms with Crippen LogP contribution in [0.25, 0.3) is 21.6 Å². The third-order valence-electron chi connectivity index (χ3n) is 5.64. The Balaban J connectivity index is 1.36. The molecule has 1 aromatic heterocycles. The van der Waals surface area contributed by atoms with E-state index in [2.05, 4.69) is 24.3 Å². The number of hydrogen-bond donors (Lipinski definition) is 1. The highest BCUT2D eigenvalue weighted by molar-refractivity contribution is 7.13. The lowest BCUT2D eigenvalue weighted by Crippen LogP contribution is -2.19. The molecule has 160 valence electrons. The Morgan fingerprint density at radius 1 is 0.750 bits per heavy atom. The number of carbonyl (C=O) groups excluding carboxylic acids is 1. The third kappa shape index (κ3) is 5.40. The Morgan fingerprint density at radius 2 is 1.41 bits per heavy atom. The van der Waals surface area contributed by atoms with E-state index in [1.165, 1.54) is 0 Å². The maximum atomic E-state index is 12.7. The molecule has 0 saturated heterocycles. The van der Waals surface area contributed by atoms with E-state index < -0.39 is 11.9 Å². The molecular weight excluding hydrogens is 416 g/mol. The van der Waals surface area contributed by atoms with E-state index >= 15 is 0 Å². The maximum absolute atomic E-state index is 12.7. The zero-order valence-corrected chi connectivity index (χ0v) is 18.4. The molecule has 3 nitrogen and oxygen atoms in total. The van der Waals surface area contributed by atoms with Crippen LogP contribution in [0.4, 0.5) is 0 Å². The van der Waals surface area contributed by atoms with Crippen LogP contribution in [-0.4, -0.2) is 16.9 Å². The molecule has 0 bridgehead atoms. The van der Waals surface area contributed by atoms with Crippen LogP contribution in [0.2, 0.25) is 0 Å². The fraction of sp³-hybridized carbons (Fsp3) is 0.143. The minimum Gasteiger partial charge on any atom is -0.481 e. The molecule has 0 aliphatic carbocycles. The first-order valence-electron chi connectivity index (χ1n) is 10.6. The molecule has 4 aromatic rings. The van der Waals surface area contributed by atoms with Gasteiger partial charge in [0.15, 0.2) is 5.78 Å². The Hall–Kier alpha value is -3.50. The van der Waals surface area contributed by atoms with Crippen molar-refractivity contribution in [1.82, 2.24) is 0 Å². The summed E-state index contributed by atoms with van der Waals surface area (Å²) in [5.41, 5.74) is 4.97. The number of carboxylic acid groups (broad SMARTS) is 1. The minimum absolute atomic E-state index is 0.00970. The van der Waals surface area contributed by atoms with Gasteiger partial charge in [-0.15, -0.1) is 11.3 Å². The molecule has 1 heterocycles. The zero-order chi connectivity index (χ0) is 22.3. The standard InChI is InChI=1S/C28H24O3S/c29-26(23-14-16-24(17-15-23)27-7-4-18-32-27)19-25(28(30)31)13-10-20-8-11-22(12-9-20)21-5-2-1-3-6-21/h1-9,11-12,14-18,25H,10,13,19H2,(H,30,31). The fourth-order valence-electron chi connectivity index (χ4n) is 3.75. The summed E-state index contributed by atoms with van der Waals surface area (Å²) in [5, 5.41) is 11.7. The predicted octanol–water partition coefficient (Wildman–Crippen LogP) is 6.99. The highest BCUT2D eigenvalue weighted by Gasteiger charge is 2.22. The Bertz CT molecular complexity index is 1160. The summed E-state index contributed by atoms with van der Waals surface area (Å²) in [7, 11) is 0. The molecule has 3 aromatic carbocycles. The van der Waals surface area contributed by atoms with Crippen LogP contribution >= 0.6 is 11.3 Å². The molecule has 32 heavy (non-hydrogen) atoms. The number of rotatable bonds is 9. The maximum Gasteiger partial charge on any atom is 0.306 e. The van der Waals surface area contributed by atoms with Crippen LogP contribution < -0.4 is 0 Å². The number of carboxylic acids is 1. The number of benzene rings is 3. The van der Waals surface area contributed by atoms with E-state index in [4.69, 9.17) is 0 Å². The number of hydrogen-bond acceptors (Lipinski definition) is 3. The smallest absolute Gasteiger partial charge is 0.306 e. The third-order valence-corrected chi connectivity index (χ3v) is 6.56. The van der Waals surface area contributed by atoms with Gasteiger partial charge in [-0.3, -0.25) is 9.59 Å². The normalized spacial score (nSPS) is 11.8. The number of ketones is 1. The highest BCUT2D eigenvalue weighted by Crippen LogP contribution is 2.26. The topological polar surface area (TPSA) is 54.4 Å². The zero-order valence-electron chi connectivity index (χ0n) is 17.6. The Kier molecular flexibility index (Phi) is 6.93. The Morgan fingerprint density at radius 3 is 2.03 bits per heavy atom. The molecule has 4 heteroatoms. The molecule has 0 saturated carbocycles. The van der Waals surface area contributed by atoms with E-state index in [1.54, 1.807) is 23.5 Å². The van der Waals surface area contributed by atoms with E-state index in [0.29, 0.717) is 18.4 Å². The second kappa shape index (κ2) is 10.2. The number of aliphatic carboxylic acids is 1. The van der Waals surface area contributed by atoms with E-state index in [0.717, 1.165) is 27.1 Å². The van der Waals surface area contributed by atoms with Gasteiger partial charge in [-0.2, -0.15) is 0 Å². The summed E-state index contributed by atoms with van der Waals surface area (Å²) in [6.45, 7) is 0. The molecule has 1 unspecified atom stereocenters. The molecule has 1 N–H and O–H groups in total. The molecule has 0 spiro atoms. The average Bonchev–Trinajstić information content (AvgIpc) is 3.37. The van der Waals surface area contributed by atoms with Crippen LogP contribution in [0.15, 0.2) is 96.4 Å². The van der Waals surface area contributed by atoms with Crippen LogP contribution in [0.5, 0.6) is 0 Å². The average molecular weight is 441 g/mol. The lowest BCUT2D eigenvalue weighted by molar-refractivity contribution is -0.141. The van der Waals surface area contributed by atoms with Crippen molar-refractivity contribution >= 4 is 23.1 Å². The molecule has 0 aliphatic rings. The van der Waals surface area contributed by atoms with Gasteiger partial charge in [0.05, 0.1) is 5.92 Å². The molecule has 4 rings (SSSR count). The lowest BCUT2D eigenvalue weighted by Gasteiger charge is -2.12. The predicted molar refractivity (Wildman–Crippen MR) is 130 cm³/mol. The van der Waals surface area contributed by atoms with Gasteiger partial charge in [0, 0.05) is 16.9 Å². The molecule has 0 radical (unpaired) electrons.